The van der Waals surface area contributed by atoms with Gasteiger partial charge >= 0.3 is 0 Å². The van der Waals surface area contributed by atoms with Crippen molar-refractivity contribution in [1.29, 1.82) is 0 Å². The maximum absolute atomic E-state index is 5.54. The molecule has 30 heavy (non-hydrogen) atoms. The van der Waals surface area contributed by atoms with E-state index >= 15 is 0 Å². The number of methoxy groups -OCH3 is 1. The first-order valence-corrected chi connectivity index (χ1v) is 10.1. The van der Waals surface area contributed by atoms with Crippen LogP contribution in [0.2, 0.25) is 0 Å². The lowest BCUT2D eigenvalue weighted by Crippen LogP contribution is -2.29. The summed E-state index contributed by atoms with van der Waals surface area (Å²) in [7, 11) is 1.69. The van der Waals surface area contributed by atoms with Crippen LogP contribution < -0.4 is 4.74 Å². The van der Waals surface area contributed by atoms with E-state index in [1.54, 1.807) is 7.11 Å². The van der Waals surface area contributed by atoms with E-state index in [2.05, 4.69) is 103 Å². The second kappa shape index (κ2) is 9.16. The van der Waals surface area contributed by atoms with Crippen LogP contribution in [-0.2, 0) is 11.8 Å². The Morgan fingerprint density at radius 2 is 1.13 bits per heavy atom. The summed E-state index contributed by atoms with van der Waals surface area (Å²) in [5.41, 5.74) is 4.03. The summed E-state index contributed by atoms with van der Waals surface area (Å²) >= 11 is 0. The van der Waals surface area contributed by atoms with Crippen LogP contribution in [0.15, 0.2) is 115 Å². The average Bonchev–Trinajstić information content (AvgIpc) is 2.84. The van der Waals surface area contributed by atoms with E-state index in [9.17, 15) is 0 Å². The van der Waals surface area contributed by atoms with Gasteiger partial charge in [-0.1, -0.05) is 115 Å². The van der Waals surface area contributed by atoms with Gasteiger partial charge in [-0.15, -0.1) is 0 Å². The lowest BCUT2D eigenvalue weighted by Gasteiger charge is -2.30. The lowest BCUT2D eigenvalue weighted by molar-refractivity contribution is 0.413. The smallest absolute Gasteiger partial charge is 0.134 e. The molecule has 0 N–H and O–H groups in total. The molecular formula is C29H24O. The van der Waals surface area contributed by atoms with Crippen molar-refractivity contribution in [3.05, 3.63) is 138 Å². The predicted molar refractivity (Wildman–Crippen MR) is 124 cm³/mol. The molecule has 0 spiro atoms. The van der Waals surface area contributed by atoms with Gasteiger partial charge in [-0.25, -0.2) is 0 Å². The fourth-order valence-corrected chi connectivity index (χ4v) is 3.83. The van der Waals surface area contributed by atoms with E-state index < -0.39 is 5.41 Å². The molecule has 0 amide bonds. The van der Waals surface area contributed by atoms with Crippen molar-refractivity contribution in [3.63, 3.8) is 0 Å². The number of para-hydroxylation sites is 1. The van der Waals surface area contributed by atoms with Gasteiger partial charge in [0, 0.05) is 0 Å². The molecular weight excluding hydrogens is 364 g/mol. The van der Waals surface area contributed by atoms with E-state index in [0.717, 1.165) is 17.7 Å². The number of benzene rings is 4. The van der Waals surface area contributed by atoms with Crippen molar-refractivity contribution in [2.24, 2.45) is 0 Å². The fraction of sp³-hybridized carbons (Fsp3) is 0.103. The summed E-state index contributed by atoms with van der Waals surface area (Å²) in [6.45, 7) is 0. The molecule has 0 heterocycles. The van der Waals surface area contributed by atoms with Crippen molar-refractivity contribution in [2.75, 3.05) is 7.11 Å². The summed E-state index contributed by atoms with van der Waals surface area (Å²) < 4.78 is 5.54. The van der Waals surface area contributed by atoms with Gasteiger partial charge < -0.3 is 4.74 Å². The molecule has 0 fully saturated rings. The van der Waals surface area contributed by atoms with Crippen LogP contribution in [0.4, 0.5) is 0 Å². The third kappa shape index (κ3) is 4.14. The number of ether oxygens (including phenoxy) is 1. The maximum Gasteiger partial charge on any atom is 0.134 e. The summed E-state index contributed by atoms with van der Waals surface area (Å²) in [6.07, 6.45) is 0.782. The molecule has 0 atom stereocenters. The topological polar surface area (TPSA) is 9.23 Å². The molecule has 1 heteroatoms. The Labute approximate surface area is 179 Å². The second-order valence-corrected chi connectivity index (χ2v) is 7.25. The maximum atomic E-state index is 5.54. The minimum atomic E-state index is -0.481. The van der Waals surface area contributed by atoms with Crippen LogP contribution in [0.5, 0.6) is 5.75 Å². The summed E-state index contributed by atoms with van der Waals surface area (Å²) in [5, 5.41) is 0. The van der Waals surface area contributed by atoms with E-state index in [1.165, 1.54) is 16.7 Å². The second-order valence-electron chi connectivity index (χ2n) is 7.25. The third-order valence-electron chi connectivity index (χ3n) is 5.36. The Bertz CT molecular complexity index is 1100. The first-order valence-electron chi connectivity index (χ1n) is 10.1. The molecule has 146 valence electrons. The molecule has 0 bridgehead atoms. The van der Waals surface area contributed by atoms with Crippen molar-refractivity contribution in [2.45, 2.75) is 11.8 Å². The van der Waals surface area contributed by atoms with E-state index in [0.29, 0.717) is 0 Å². The molecule has 4 aromatic carbocycles. The largest absolute Gasteiger partial charge is 0.495 e. The molecule has 4 rings (SSSR count). The molecule has 1 nitrogen and oxygen atoms in total. The fourth-order valence-electron chi connectivity index (χ4n) is 3.83. The standard InChI is InChI=1S/C29H24O/c1-30-28-20-12-11-15-25(28)21-22-29(26-16-7-3-8-17-26,27-18-9-4-10-19-27)23-24-13-5-2-6-14-24/h2-20H,23H2,1H3. The molecule has 0 aliphatic rings. The van der Waals surface area contributed by atoms with Gasteiger partial charge in [0.25, 0.3) is 0 Å². The highest BCUT2D eigenvalue weighted by molar-refractivity contribution is 5.54. The lowest BCUT2D eigenvalue weighted by atomic mass is 9.71. The molecule has 0 aromatic heterocycles. The van der Waals surface area contributed by atoms with Gasteiger partial charge in [0.2, 0.25) is 0 Å². The van der Waals surface area contributed by atoms with Crippen molar-refractivity contribution in [1.82, 2.24) is 0 Å². The quantitative estimate of drug-likeness (QED) is 0.366. The van der Waals surface area contributed by atoms with Gasteiger partial charge in [-0.2, -0.15) is 0 Å². The number of rotatable bonds is 5. The zero-order valence-corrected chi connectivity index (χ0v) is 17.1. The van der Waals surface area contributed by atoms with Crippen molar-refractivity contribution >= 4 is 0 Å². The molecule has 4 aromatic rings. The highest BCUT2D eigenvalue weighted by Gasteiger charge is 2.32. The minimum absolute atomic E-state index is 0.481. The molecule has 0 saturated heterocycles. The average molecular weight is 389 g/mol. The predicted octanol–water partition coefficient (Wildman–Crippen LogP) is 6.28. The van der Waals surface area contributed by atoms with Crippen LogP contribution in [0.25, 0.3) is 0 Å². The summed E-state index contributed by atoms with van der Waals surface area (Å²) in [6, 6.07) is 39.6. The Hall–Kier alpha value is -3.76. The zero-order chi connectivity index (χ0) is 20.7. The molecule has 0 saturated carbocycles. The van der Waals surface area contributed by atoms with Crippen LogP contribution in [-0.4, -0.2) is 7.11 Å². The highest BCUT2D eigenvalue weighted by Crippen LogP contribution is 2.36. The van der Waals surface area contributed by atoms with Crippen LogP contribution >= 0.6 is 0 Å². The van der Waals surface area contributed by atoms with Gasteiger partial charge in [0.1, 0.15) is 5.75 Å². The van der Waals surface area contributed by atoms with E-state index in [-0.39, 0.29) is 0 Å². The van der Waals surface area contributed by atoms with Gasteiger partial charge in [0.05, 0.1) is 18.1 Å². The molecule has 0 aliphatic carbocycles. The number of hydrogen-bond donors (Lipinski definition) is 0. The van der Waals surface area contributed by atoms with Crippen LogP contribution in [0.3, 0.4) is 0 Å². The number of hydrogen-bond acceptors (Lipinski definition) is 1. The van der Waals surface area contributed by atoms with Crippen molar-refractivity contribution < 1.29 is 4.74 Å². The monoisotopic (exact) mass is 388 g/mol. The Morgan fingerprint density at radius 1 is 0.633 bits per heavy atom. The Morgan fingerprint density at radius 3 is 1.70 bits per heavy atom. The molecule has 0 radical (unpaired) electrons. The van der Waals surface area contributed by atoms with E-state index in [1.807, 2.05) is 24.3 Å². The van der Waals surface area contributed by atoms with Crippen molar-refractivity contribution in [3.8, 4) is 17.6 Å². The Kier molecular flexibility index (Phi) is 5.97. The molecule has 0 unspecified atom stereocenters. The summed E-state index contributed by atoms with van der Waals surface area (Å²) in [5.74, 6) is 7.91. The van der Waals surface area contributed by atoms with E-state index in [4.69, 9.17) is 4.74 Å². The minimum Gasteiger partial charge on any atom is -0.495 e. The Balaban J connectivity index is 1.94. The van der Waals surface area contributed by atoms with Crippen LogP contribution in [0.1, 0.15) is 22.3 Å². The SMILES string of the molecule is COc1ccccc1C#CC(Cc1ccccc1)(c1ccccc1)c1ccccc1. The summed E-state index contributed by atoms with van der Waals surface area (Å²) in [4.78, 5) is 0. The normalized spacial score (nSPS) is 10.7. The first-order chi connectivity index (χ1) is 14.8. The molecule has 0 aliphatic heterocycles. The van der Waals surface area contributed by atoms with Crippen LogP contribution in [0, 0.1) is 11.8 Å². The van der Waals surface area contributed by atoms with Gasteiger partial charge in [-0.05, 0) is 35.2 Å². The third-order valence-corrected chi connectivity index (χ3v) is 5.36. The zero-order valence-electron chi connectivity index (χ0n) is 17.1. The van der Waals surface area contributed by atoms with Gasteiger partial charge in [-0.3, -0.25) is 0 Å². The highest BCUT2D eigenvalue weighted by atomic mass is 16.5. The first kappa shape index (κ1) is 19.6. The van der Waals surface area contributed by atoms with Gasteiger partial charge in [0.15, 0.2) is 0 Å².